The van der Waals surface area contributed by atoms with E-state index in [2.05, 4.69) is 15.2 Å². The number of ether oxygens (including phenoxy) is 2. The van der Waals surface area contributed by atoms with E-state index >= 15 is 0 Å². The second kappa shape index (κ2) is 7.37. The molecule has 2 atom stereocenters. The molecule has 4 heterocycles. The number of fused-ring (bicyclic) bond motifs is 1. The van der Waals surface area contributed by atoms with Gasteiger partial charge < -0.3 is 14.4 Å². The molecule has 0 unspecified atom stereocenters. The van der Waals surface area contributed by atoms with Gasteiger partial charge in [-0.1, -0.05) is 6.07 Å². The lowest BCUT2D eigenvalue weighted by atomic mass is 9.73. The lowest BCUT2D eigenvalue weighted by molar-refractivity contribution is -0.133. The Morgan fingerprint density at radius 3 is 3.08 bits per heavy atom. The maximum atomic E-state index is 12.9. The van der Waals surface area contributed by atoms with Crippen LogP contribution in [-0.4, -0.2) is 58.4 Å². The topological polar surface area (TPSA) is 77.4 Å². The highest BCUT2D eigenvalue weighted by Gasteiger charge is 2.47. The minimum Gasteiger partial charge on any atom is -0.477 e. The largest absolute Gasteiger partial charge is 0.477 e. The molecule has 2 aromatic rings. The fourth-order valence-electron chi connectivity index (χ4n) is 3.92. The molecule has 136 valence electrons. The monoisotopic (exact) mass is 354 g/mol. The molecular weight excluding hydrogens is 332 g/mol. The lowest BCUT2D eigenvalue weighted by Gasteiger charge is -2.50. The Balaban J connectivity index is 1.52. The molecule has 2 fully saturated rings. The quantitative estimate of drug-likeness (QED) is 0.835. The van der Waals surface area contributed by atoms with Crippen LogP contribution in [0.4, 0.5) is 0 Å². The zero-order chi connectivity index (χ0) is 17.8. The van der Waals surface area contributed by atoms with E-state index in [-0.39, 0.29) is 17.4 Å². The fraction of sp³-hybridized carbons (Fsp3) is 0.474. The number of likely N-dealkylation sites (tertiary alicyclic amines) is 1. The maximum absolute atomic E-state index is 12.9. The zero-order valence-corrected chi connectivity index (χ0v) is 14.6. The number of aromatic nitrogens is 3. The highest BCUT2D eigenvalue weighted by atomic mass is 16.5. The summed E-state index contributed by atoms with van der Waals surface area (Å²) in [5.74, 6) is 0.592. The van der Waals surface area contributed by atoms with Crippen molar-refractivity contribution in [2.45, 2.75) is 25.4 Å². The van der Waals surface area contributed by atoms with Crippen LogP contribution in [-0.2, 0) is 4.74 Å². The highest BCUT2D eigenvalue weighted by Crippen LogP contribution is 2.40. The maximum Gasteiger partial charge on any atom is 0.255 e. The van der Waals surface area contributed by atoms with Gasteiger partial charge in [-0.2, -0.15) is 10.2 Å². The minimum absolute atomic E-state index is 0.0128. The number of hydrogen-bond donors (Lipinski definition) is 0. The summed E-state index contributed by atoms with van der Waals surface area (Å²) in [6, 6.07) is 7.32. The Labute approximate surface area is 152 Å². The third-order valence-corrected chi connectivity index (χ3v) is 5.25. The Hall–Kier alpha value is -2.54. The summed E-state index contributed by atoms with van der Waals surface area (Å²) < 4.78 is 12.0. The van der Waals surface area contributed by atoms with Crippen LogP contribution in [0.3, 0.4) is 0 Å². The van der Waals surface area contributed by atoms with Crippen LogP contribution in [0, 0.1) is 5.41 Å². The summed E-state index contributed by atoms with van der Waals surface area (Å²) in [6.07, 6.45) is 7.65. The van der Waals surface area contributed by atoms with Crippen LogP contribution in [0.1, 0.15) is 29.6 Å². The second-order valence-corrected chi connectivity index (χ2v) is 6.93. The third-order valence-electron chi connectivity index (χ3n) is 5.25. The Morgan fingerprint density at radius 1 is 1.31 bits per heavy atom. The van der Waals surface area contributed by atoms with Crippen molar-refractivity contribution in [3.8, 4) is 5.88 Å². The van der Waals surface area contributed by atoms with Crippen LogP contribution >= 0.6 is 0 Å². The Morgan fingerprint density at radius 2 is 2.27 bits per heavy atom. The van der Waals surface area contributed by atoms with Crippen molar-refractivity contribution in [2.75, 3.05) is 26.3 Å². The van der Waals surface area contributed by atoms with Gasteiger partial charge in [0.1, 0.15) is 0 Å². The summed E-state index contributed by atoms with van der Waals surface area (Å²) in [4.78, 5) is 19.0. The highest BCUT2D eigenvalue weighted by molar-refractivity contribution is 5.93. The standard InChI is InChI=1S/C19H22N4O3/c24-18(15-5-9-21-22-12-15)23-10-6-16-19(13-23,7-3-11-25-16)14-26-17-4-1-2-8-20-17/h1-2,4-5,8-9,12,16H,3,6-7,10-11,13-14H2/t16-,19-/m0/s1. The van der Waals surface area contributed by atoms with E-state index in [0.717, 1.165) is 25.9 Å². The molecular formula is C19H22N4O3. The first kappa shape index (κ1) is 16.9. The Kier molecular flexibility index (Phi) is 4.79. The number of pyridine rings is 1. The molecule has 7 heteroatoms. The molecule has 0 aromatic carbocycles. The van der Waals surface area contributed by atoms with Gasteiger partial charge in [0.2, 0.25) is 5.88 Å². The van der Waals surface area contributed by atoms with E-state index in [0.29, 0.717) is 31.1 Å². The number of piperidine rings is 1. The number of amides is 1. The van der Waals surface area contributed by atoms with Crippen LogP contribution < -0.4 is 4.74 Å². The van der Waals surface area contributed by atoms with Gasteiger partial charge in [-0.3, -0.25) is 4.79 Å². The van der Waals surface area contributed by atoms with Crippen LogP contribution in [0.2, 0.25) is 0 Å². The summed E-state index contributed by atoms with van der Waals surface area (Å²) in [7, 11) is 0. The van der Waals surface area contributed by atoms with Crippen molar-refractivity contribution in [3.63, 3.8) is 0 Å². The van der Waals surface area contributed by atoms with E-state index in [4.69, 9.17) is 9.47 Å². The van der Waals surface area contributed by atoms with Gasteiger partial charge in [-0.05, 0) is 31.4 Å². The SMILES string of the molecule is O=C(c1ccnnc1)N1CC[C@@H]2OCCC[C@@]2(COc2ccccn2)C1. The first-order chi connectivity index (χ1) is 12.8. The molecule has 1 amide bonds. The van der Waals surface area contributed by atoms with E-state index in [9.17, 15) is 4.79 Å². The molecule has 2 aliphatic heterocycles. The Bertz CT molecular complexity index is 743. The van der Waals surface area contributed by atoms with Crippen LogP contribution in [0.15, 0.2) is 42.9 Å². The van der Waals surface area contributed by atoms with Crippen LogP contribution in [0.25, 0.3) is 0 Å². The third kappa shape index (κ3) is 3.39. The average molecular weight is 354 g/mol. The van der Waals surface area contributed by atoms with Gasteiger partial charge in [-0.25, -0.2) is 4.98 Å². The van der Waals surface area contributed by atoms with Crippen molar-refractivity contribution >= 4 is 5.91 Å². The smallest absolute Gasteiger partial charge is 0.255 e. The molecule has 0 spiro atoms. The van der Waals surface area contributed by atoms with E-state index < -0.39 is 0 Å². The zero-order valence-electron chi connectivity index (χ0n) is 14.6. The van der Waals surface area contributed by atoms with Gasteiger partial charge in [0.05, 0.1) is 30.7 Å². The lowest BCUT2D eigenvalue weighted by Crippen LogP contribution is -2.58. The van der Waals surface area contributed by atoms with Crippen molar-refractivity contribution < 1.29 is 14.3 Å². The predicted molar refractivity (Wildman–Crippen MR) is 93.7 cm³/mol. The molecule has 2 aliphatic rings. The van der Waals surface area contributed by atoms with Crippen molar-refractivity contribution in [2.24, 2.45) is 5.41 Å². The van der Waals surface area contributed by atoms with Crippen LogP contribution in [0.5, 0.6) is 5.88 Å². The van der Waals surface area contributed by atoms with Gasteiger partial charge in [0, 0.05) is 37.4 Å². The minimum atomic E-state index is -0.204. The van der Waals surface area contributed by atoms with E-state index in [1.54, 1.807) is 18.5 Å². The fourth-order valence-corrected chi connectivity index (χ4v) is 3.92. The molecule has 0 saturated carbocycles. The van der Waals surface area contributed by atoms with E-state index in [1.807, 2.05) is 23.1 Å². The number of carbonyl (C=O) groups is 1. The van der Waals surface area contributed by atoms with Crippen molar-refractivity contribution in [3.05, 3.63) is 48.4 Å². The molecule has 0 bridgehead atoms. The number of nitrogens with zero attached hydrogens (tertiary/aromatic N) is 4. The molecule has 26 heavy (non-hydrogen) atoms. The summed E-state index contributed by atoms with van der Waals surface area (Å²) in [5, 5.41) is 7.57. The van der Waals surface area contributed by atoms with Crippen molar-refractivity contribution in [1.29, 1.82) is 0 Å². The molecule has 0 radical (unpaired) electrons. The van der Waals surface area contributed by atoms with Gasteiger partial charge >= 0.3 is 0 Å². The normalized spacial score (nSPS) is 25.4. The average Bonchev–Trinajstić information content (AvgIpc) is 2.73. The molecule has 2 saturated heterocycles. The number of hydrogen-bond acceptors (Lipinski definition) is 6. The molecule has 2 aromatic heterocycles. The molecule has 0 aliphatic carbocycles. The number of carbonyl (C=O) groups excluding carboxylic acids is 1. The van der Waals surface area contributed by atoms with Gasteiger partial charge in [-0.15, -0.1) is 0 Å². The van der Waals surface area contributed by atoms with Crippen molar-refractivity contribution in [1.82, 2.24) is 20.1 Å². The second-order valence-electron chi connectivity index (χ2n) is 6.93. The summed E-state index contributed by atoms with van der Waals surface area (Å²) >= 11 is 0. The molecule has 4 rings (SSSR count). The number of rotatable bonds is 4. The van der Waals surface area contributed by atoms with Gasteiger partial charge in [0.25, 0.3) is 5.91 Å². The predicted octanol–water partition coefficient (Wildman–Crippen LogP) is 1.96. The van der Waals surface area contributed by atoms with Gasteiger partial charge in [0.15, 0.2) is 0 Å². The van der Waals surface area contributed by atoms with E-state index in [1.165, 1.54) is 6.20 Å². The summed E-state index contributed by atoms with van der Waals surface area (Å²) in [6.45, 7) is 2.56. The first-order valence-corrected chi connectivity index (χ1v) is 8.98. The molecule has 7 nitrogen and oxygen atoms in total. The first-order valence-electron chi connectivity index (χ1n) is 8.98. The summed E-state index contributed by atoms with van der Waals surface area (Å²) in [5.41, 5.74) is 0.361. The molecule has 0 N–H and O–H groups in total.